The van der Waals surface area contributed by atoms with Gasteiger partial charge in [-0.2, -0.15) is 0 Å². The van der Waals surface area contributed by atoms with E-state index in [1.807, 2.05) is 0 Å². The molecule has 2 aromatic rings. The Hall–Kier alpha value is -4.67. The number of hydrogen-bond donors (Lipinski definition) is 3. The zero-order valence-electron chi connectivity index (χ0n) is 34.2. The number of amides is 1. The number of benzene rings is 2. The van der Waals surface area contributed by atoms with E-state index in [4.69, 9.17) is 33.2 Å². The SMILES string of the molecule is CO[C@H]1C(=O)[C@]2(C)[C@@H](OC)C[C@H]3OC[C@@]3(OC(C)=O)[C@H]2[C@@]2(OC(=O)c3ccccc3)C[C@H](OC(=O)[C@H](O)[C@@H](NC(=O)OC(C)(C)C)c3ccccc3)C(C)=C1[C@@]2(C)O. The van der Waals surface area contributed by atoms with E-state index in [0.717, 1.165) is 0 Å². The Bertz CT molecular complexity index is 1960. The van der Waals surface area contributed by atoms with Crippen molar-refractivity contribution in [3.05, 3.63) is 82.9 Å². The molecule has 3 aliphatic carbocycles. The standard InChI is InChI=1S/C43H53NO14/c1-23-27(55-36(49)32(46)31(25-16-12-10-13-17-25)44-38(50)58-39(3,4)5)21-43(57-35(48)26-18-14-11-15-19-26)37-40(6,34(47)33(53-9)30(23)41(43,7)51)28(52-8)20-29-42(37,22-54-29)56-24(2)45/h10-19,27-29,31-33,37,46,51H,20-22H2,1-9H3,(H,44,50)/t27-,28-,29+,31-,32+,33+,37-,40-,41+,42-,43-/m0/s1. The number of methoxy groups -OCH3 is 2. The molecule has 11 atom stereocenters. The highest BCUT2D eigenvalue weighted by atomic mass is 16.6. The van der Waals surface area contributed by atoms with Crippen molar-refractivity contribution >= 4 is 29.8 Å². The van der Waals surface area contributed by atoms with Gasteiger partial charge in [-0.05, 0) is 64.8 Å². The maximum absolute atomic E-state index is 15.3. The van der Waals surface area contributed by atoms with Gasteiger partial charge in [-0.15, -0.1) is 0 Å². The van der Waals surface area contributed by atoms with Crippen molar-refractivity contribution in [2.45, 2.75) is 120 Å². The largest absolute Gasteiger partial charge is 0.456 e. The van der Waals surface area contributed by atoms with Crippen LogP contribution in [0.25, 0.3) is 0 Å². The number of ether oxygens (including phenoxy) is 7. The number of carbonyl (C=O) groups is 5. The van der Waals surface area contributed by atoms with Gasteiger partial charge >= 0.3 is 24.0 Å². The fourth-order valence-electron chi connectivity index (χ4n) is 9.80. The van der Waals surface area contributed by atoms with Crippen LogP contribution in [0.15, 0.2) is 71.8 Å². The van der Waals surface area contributed by atoms with Crippen LogP contribution in [0.4, 0.5) is 4.79 Å². The number of nitrogens with one attached hydrogen (secondary N) is 1. The summed E-state index contributed by atoms with van der Waals surface area (Å²) >= 11 is 0. The van der Waals surface area contributed by atoms with Crippen molar-refractivity contribution in [2.75, 3.05) is 20.8 Å². The van der Waals surface area contributed by atoms with Gasteiger partial charge in [0.1, 0.15) is 29.5 Å². The van der Waals surface area contributed by atoms with Gasteiger partial charge in [0.25, 0.3) is 0 Å². The number of esters is 3. The van der Waals surface area contributed by atoms with E-state index >= 15 is 4.79 Å². The minimum absolute atomic E-state index is 0.0499. The van der Waals surface area contributed by atoms with Crippen LogP contribution in [0, 0.1) is 11.3 Å². The van der Waals surface area contributed by atoms with Crippen molar-refractivity contribution in [3.8, 4) is 0 Å². The van der Waals surface area contributed by atoms with Gasteiger partial charge in [0.15, 0.2) is 23.1 Å². The molecule has 1 amide bonds. The summed E-state index contributed by atoms with van der Waals surface area (Å²) in [5.41, 5.74) is -8.18. The minimum Gasteiger partial charge on any atom is -0.456 e. The highest BCUT2D eigenvalue weighted by Gasteiger charge is 2.82. The number of alkyl carbamates (subject to hydrolysis) is 1. The molecule has 3 fully saturated rings. The van der Waals surface area contributed by atoms with Gasteiger partial charge in [-0.25, -0.2) is 14.4 Å². The molecule has 1 saturated heterocycles. The molecule has 0 aromatic heterocycles. The third-order valence-electron chi connectivity index (χ3n) is 12.3. The van der Waals surface area contributed by atoms with Crippen LogP contribution in [-0.4, -0.2) is 114 Å². The quantitative estimate of drug-likeness (QED) is 0.177. The molecule has 2 saturated carbocycles. The molecule has 6 rings (SSSR count). The predicted molar refractivity (Wildman–Crippen MR) is 204 cm³/mol. The van der Waals surface area contributed by atoms with Crippen LogP contribution in [0.2, 0.25) is 0 Å². The number of carbonyl (C=O) groups excluding carboxylic acids is 5. The summed E-state index contributed by atoms with van der Waals surface area (Å²) in [5.74, 6) is -4.76. The number of Topliss-reactive ketones (excluding diaryl/α,β-unsaturated/α-hetero) is 1. The fraction of sp³-hybridized carbons (Fsp3) is 0.558. The lowest BCUT2D eigenvalue weighted by Crippen LogP contribution is -2.82. The lowest BCUT2D eigenvalue weighted by molar-refractivity contribution is -0.356. The Morgan fingerprint density at radius 1 is 0.948 bits per heavy atom. The molecular formula is C43H53NO14. The molecule has 2 aromatic carbocycles. The first kappa shape index (κ1) is 42.9. The van der Waals surface area contributed by atoms with E-state index < -0.39 is 107 Å². The normalized spacial score (nSPS) is 33.8. The van der Waals surface area contributed by atoms with E-state index in [-0.39, 0.29) is 29.7 Å². The average Bonchev–Trinajstić information content (AvgIpc) is 3.18. The van der Waals surface area contributed by atoms with Gasteiger partial charge in [-0.3, -0.25) is 9.59 Å². The monoisotopic (exact) mass is 807 g/mol. The summed E-state index contributed by atoms with van der Waals surface area (Å²) in [4.78, 5) is 70.1. The number of aliphatic hydroxyl groups is 2. The smallest absolute Gasteiger partial charge is 0.408 e. The lowest BCUT2D eigenvalue weighted by atomic mass is 9.47. The third-order valence-corrected chi connectivity index (χ3v) is 12.3. The van der Waals surface area contributed by atoms with E-state index in [1.165, 1.54) is 40.2 Å². The number of hydrogen-bond acceptors (Lipinski definition) is 14. The summed E-state index contributed by atoms with van der Waals surface area (Å²) in [5, 5.41) is 27.5. The molecule has 4 aliphatic rings. The van der Waals surface area contributed by atoms with E-state index in [9.17, 15) is 29.4 Å². The second kappa shape index (κ2) is 15.5. The van der Waals surface area contributed by atoms with E-state index in [2.05, 4.69) is 5.32 Å². The Morgan fingerprint density at radius 2 is 1.57 bits per heavy atom. The van der Waals surface area contributed by atoms with Crippen molar-refractivity contribution in [2.24, 2.45) is 11.3 Å². The average molecular weight is 808 g/mol. The first-order chi connectivity index (χ1) is 27.2. The molecule has 314 valence electrons. The van der Waals surface area contributed by atoms with Gasteiger partial charge in [0.2, 0.25) is 0 Å². The van der Waals surface area contributed by atoms with Crippen LogP contribution >= 0.6 is 0 Å². The van der Waals surface area contributed by atoms with Crippen molar-refractivity contribution < 1.29 is 67.3 Å². The molecule has 2 bridgehead atoms. The molecule has 58 heavy (non-hydrogen) atoms. The topological polar surface area (TPSA) is 202 Å². The van der Waals surface area contributed by atoms with Crippen LogP contribution in [-0.2, 0) is 47.5 Å². The fourth-order valence-corrected chi connectivity index (χ4v) is 9.80. The highest BCUT2D eigenvalue weighted by molar-refractivity contribution is 5.95. The molecular weight excluding hydrogens is 754 g/mol. The second-order valence-electron chi connectivity index (χ2n) is 16.9. The molecule has 0 spiro atoms. The number of ketones is 1. The summed E-state index contributed by atoms with van der Waals surface area (Å²) in [6.07, 6.45) is -8.03. The number of aliphatic hydroxyl groups excluding tert-OH is 1. The Morgan fingerprint density at radius 3 is 2.10 bits per heavy atom. The summed E-state index contributed by atoms with van der Waals surface area (Å²) in [6, 6.07) is 14.9. The summed E-state index contributed by atoms with van der Waals surface area (Å²) < 4.78 is 42.4. The Labute approximate surface area is 337 Å². The zero-order valence-corrected chi connectivity index (χ0v) is 34.2. The molecule has 15 heteroatoms. The second-order valence-corrected chi connectivity index (χ2v) is 16.9. The van der Waals surface area contributed by atoms with Crippen LogP contribution in [0.1, 0.15) is 83.3 Å². The molecule has 15 nitrogen and oxygen atoms in total. The zero-order chi connectivity index (χ0) is 42.6. The van der Waals surface area contributed by atoms with Crippen molar-refractivity contribution in [3.63, 3.8) is 0 Å². The van der Waals surface area contributed by atoms with Gasteiger partial charge in [0, 0.05) is 39.6 Å². The van der Waals surface area contributed by atoms with Crippen molar-refractivity contribution in [1.82, 2.24) is 5.32 Å². The molecule has 3 N–H and O–H groups in total. The van der Waals surface area contributed by atoms with Crippen LogP contribution < -0.4 is 5.32 Å². The first-order valence-electron chi connectivity index (χ1n) is 19.2. The Balaban J connectivity index is 1.54. The molecule has 1 heterocycles. The predicted octanol–water partition coefficient (Wildman–Crippen LogP) is 3.93. The van der Waals surface area contributed by atoms with Gasteiger partial charge in [0.05, 0.1) is 35.6 Å². The highest BCUT2D eigenvalue weighted by Crippen LogP contribution is 2.67. The van der Waals surface area contributed by atoms with Crippen molar-refractivity contribution in [1.29, 1.82) is 0 Å². The Kier molecular flexibility index (Phi) is 11.5. The summed E-state index contributed by atoms with van der Waals surface area (Å²) in [7, 11) is 2.70. The minimum atomic E-state index is -2.27. The van der Waals surface area contributed by atoms with Crippen LogP contribution in [0.5, 0.6) is 0 Å². The van der Waals surface area contributed by atoms with E-state index in [1.54, 1.807) is 83.1 Å². The molecule has 0 unspecified atom stereocenters. The third kappa shape index (κ3) is 7.00. The molecule has 1 aliphatic heterocycles. The number of rotatable bonds is 10. The van der Waals surface area contributed by atoms with E-state index in [0.29, 0.717) is 5.56 Å². The first-order valence-corrected chi connectivity index (χ1v) is 19.2. The molecule has 0 radical (unpaired) electrons. The van der Waals surface area contributed by atoms with Gasteiger partial charge in [-0.1, -0.05) is 48.5 Å². The summed E-state index contributed by atoms with van der Waals surface area (Å²) in [6.45, 7) is 10.5. The van der Waals surface area contributed by atoms with Gasteiger partial charge < -0.3 is 48.7 Å². The maximum atomic E-state index is 15.3. The number of fused-ring (bicyclic) bond motifs is 6. The lowest BCUT2D eigenvalue weighted by Gasteiger charge is -2.67. The van der Waals surface area contributed by atoms with Crippen LogP contribution in [0.3, 0.4) is 0 Å². The maximum Gasteiger partial charge on any atom is 0.408 e.